The lowest BCUT2D eigenvalue weighted by Gasteiger charge is -2.11. The third kappa shape index (κ3) is 1.77. The van der Waals surface area contributed by atoms with Gasteiger partial charge in [0.1, 0.15) is 6.10 Å². The summed E-state index contributed by atoms with van der Waals surface area (Å²) >= 11 is 0. The van der Waals surface area contributed by atoms with Gasteiger partial charge < -0.3 is 14.9 Å². The third-order valence-electron chi connectivity index (χ3n) is 2.48. The van der Waals surface area contributed by atoms with Crippen molar-refractivity contribution < 1.29 is 14.9 Å². The van der Waals surface area contributed by atoms with E-state index in [2.05, 4.69) is 4.98 Å². The number of ether oxygens (including phenoxy) is 1. The molecule has 0 aliphatic carbocycles. The number of hydrogen-bond donors (Lipinski definition) is 2. The van der Waals surface area contributed by atoms with E-state index in [1.54, 1.807) is 12.4 Å². The lowest BCUT2D eigenvalue weighted by molar-refractivity contribution is -0.0225. The predicted molar refractivity (Wildman–Crippen MR) is 49.6 cm³/mol. The monoisotopic (exact) mass is 195 g/mol. The van der Waals surface area contributed by atoms with Gasteiger partial charge in [0.25, 0.3) is 0 Å². The van der Waals surface area contributed by atoms with Gasteiger partial charge in [0.15, 0.2) is 0 Å². The molecule has 0 radical (unpaired) electrons. The number of aliphatic hydroxyl groups excluding tert-OH is 2. The van der Waals surface area contributed by atoms with Crippen molar-refractivity contribution in [1.29, 1.82) is 0 Å². The molecule has 1 aromatic heterocycles. The van der Waals surface area contributed by atoms with Crippen LogP contribution in [0, 0.1) is 0 Å². The minimum absolute atomic E-state index is 0.120. The highest BCUT2D eigenvalue weighted by molar-refractivity contribution is 5.15. The summed E-state index contributed by atoms with van der Waals surface area (Å²) in [5.41, 5.74) is 0.995. The fraction of sp³-hybridized carbons (Fsp3) is 0.500. The molecule has 4 heteroatoms. The lowest BCUT2D eigenvalue weighted by atomic mass is 10.1. The summed E-state index contributed by atoms with van der Waals surface area (Å²) in [6.07, 6.45) is 2.78. The van der Waals surface area contributed by atoms with Gasteiger partial charge in [0.05, 0.1) is 18.8 Å². The molecule has 2 N–H and O–H groups in total. The molecule has 76 valence electrons. The molecule has 0 aromatic carbocycles. The van der Waals surface area contributed by atoms with Crippen LogP contribution < -0.4 is 0 Å². The van der Waals surface area contributed by atoms with Crippen LogP contribution in [-0.4, -0.2) is 34.0 Å². The van der Waals surface area contributed by atoms with E-state index in [1.165, 1.54) is 0 Å². The van der Waals surface area contributed by atoms with Crippen LogP contribution in [0.5, 0.6) is 0 Å². The second-order valence-corrected chi connectivity index (χ2v) is 3.43. The molecule has 1 aliphatic rings. The highest BCUT2D eigenvalue weighted by Gasteiger charge is 2.33. The quantitative estimate of drug-likeness (QED) is 0.710. The van der Waals surface area contributed by atoms with Crippen LogP contribution in [-0.2, 0) is 4.74 Å². The summed E-state index contributed by atoms with van der Waals surface area (Å²) in [6, 6.07) is 3.72. The molecule has 0 spiro atoms. The Labute approximate surface area is 82.2 Å². The maximum atomic E-state index is 9.52. The van der Waals surface area contributed by atoms with E-state index >= 15 is 0 Å². The van der Waals surface area contributed by atoms with Crippen molar-refractivity contribution in [2.75, 3.05) is 6.61 Å². The predicted octanol–water partition coefficient (Wildman–Crippen LogP) is 0.265. The Morgan fingerprint density at radius 1 is 1.43 bits per heavy atom. The Morgan fingerprint density at radius 2 is 2.14 bits per heavy atom. The summed E-state index contributed by atoms with van der Waals surface area (Å²) in [5.74, 6) is 0. The van der Waals surface area contributed by atoms with E-state index in [0.717, 1.165) is 5.56 Å². The first-order chi connectivity index (χ1) is 6.81. The Bertz CT molecular complexity index is 291. The van der Waals surface area contributed by atoms with E-state index in [-0.39, 0.29) is 12.7 Å². The van der Waals surface area contributed by atoms with E-state index in [0.29, 0.717) is 6.42 Å². The van der Waals surface area contributed by atoms with Crippen molar-refractivity contribution in [1.82, 2.24) is 4.98 Å². The largest absolute Gasteiger partial charge is 0.394 e. The minimum atomic E-state index is -0.571. The van der Waals surface area contributed by atoms with Crippen LogP contribution in [0.1, 0.15) is 18.1 Å². The number of pyridine rings is 1. The van der Waals surface area contributed by atoms with Crippen molar-refractivity contribution >= 4 is 0 Å². The summed E-state index contributed by atoms with van der Waals surface area (Å²) in [4.78, 5) is 3.91. The van der Waals surface area contributed by atoms with Gasteiger partial charge in [-0.05, 0) is 17.7 Å². The van der Waals surface area contributed by atoms with Crippen molar-refractivity contribution in [3.8, 4) is 0 Å². The third-order valence-corrected chi connectivity index (χ3v) is 2.48. The molecule has 0 bridgehead atoms. The molecule has 1 fully saturated rings. The normalized spacial score (nSPS) is 32.0. The molecular formula is C10H13NO3. The topological polar surface area (TPSA) is 62.6 Å². The first-order valence-corrected chi connectivity index (χ1v) is 4.65. The van der Waals surface area contributed by atoms with Gasteiger partial charge in [0, 0.05) is 18.8 Å². The van der Waals surface area contributed by atoms with Crippen molar-refractivity contribution in [3.63, 3.8) is 0 Å². The van der Waals surface area contributed by atoms with Crippen LogP contribution in [0.15, 0.2) is 24.5 Å². The summed E-state index contributed by atoms with van der Waals surface area (Å²) < 4.78 is 5.48. The van der Waals surface area contributed by atoms with Gasteiger partial charge in [-0.3, -0.25) is 4.98 Å². The Hall–Kier alpha value is -0.970. The van der Waals surface area contributed by atoms with Crippen LogP contribution in [0.2, 0.25) is 0 Å². The average molecular weight is 195 g/mol. The van der Waals surface area contributed by atoms with Gasteiger partial charge in [-0.1, -0.05) is 0 Å². The first-order valence-electron chi connectivity index (χ1n) is 4.65. The van der Waals surface area contributed by atoms with Crippen LogP contribution in [0.25, 0.3) is 0 Å². The van der Waals surface area contributed by atoms with Gasteiger partial charge in [0.2, 0.25) is 0 Å². The summed E-state index contributed by atoms with van der Waals surface area (Å²) in [7, 11) is 0. The second-order valence-electron chi connectivity index (χ2n) is 3.43. The fourth-order valence-electron chi connectivity index (χ4n) is 1.69. The van der Waals surface area contributed by atoms with E-state index < -0.39 is 12.2 Å². The molecule has 14 heavy (non-hydrogen) atoms. The van der Waals surface area contributed by atoms with Gasteiger partial charge in [-0.25, -0.2) is 0 Å². The van der Waals surface area contributed by atoms with E-state index in [9.17, 15) is 5.11 Å². The summed E-state index contributed by atoms with van der Waals surface area (Å²) in [5, 5.41) is 18.4. The van der Waals surface area contributed by atoms with Gasteiger partial charge in [-0.2, -0.15) is 0 Å². The van der Waals surface area contributed by atoms with E-state index in [4.69, 9.17) is 9.84 Å². The maximum Gasteiger partial charge on any atom is 0.107 e. The number of nitrogens with zero attached hydrogens (tertiary/aromatic N) is 1. The molecule has 0 unspecified atom stereocenters. The second kappa shape index (κ2) is 4.04. The molecule has 1 aromatic rings. The Balaban J connectivity index is 2.09. The Kier molecular flexibility index (Phi) is 2.77. The zero-order valence-corrected chi connectivity index (χ0v) is 7.71. The standard InChI is InChI=1S/C10H13NO3/c12-6-10-8(13)5-9(14-10)7-1-3-11-4-2-7/h1-4,8-10,12-13H,5-6H2/t8-,9+,10-/m0/s1. The van der Waals surface area contributed by atoms with Gasteiger partial charge >= 0.3 is 0 Å². The Morgan fingerprint density at radius 3 is 2.71 bits per heavy atom. The zero-order valence-electron chi connectivity index (χ0n) is 7.71. The number of hydrogen-bond acceptors (Lipinski definition) is 4. The van der Waals surface area contributed by atoms with E-state index in [1.807, 2.05) is 12.1 Å². The summed E-state index contributed by atoms with van der Waals surface area (Å²) in [6.45, 7) is -0.136. The number of aliphatic hydroxyl groups is 2. The fourth-order valence-corrected chi connectivity index (χ4v) is 1.69. The molecule has 1 saturated heterocycles. The number of aromatic nitrogens is 1. The average Bonchev–Trinajstić information content (AvgIpc) is 2.61. The number of rotatable bonds is 2. The van der Waals surface area contributed by atoms with Crippen molar-refractivity contribution in [2.24, 2.45) is 0 Å². The molecular weight excluding hydrogens is 182 g/mol. The van der Waals surface area contributed by atoms with Crippen LogP contribution in [0.4, 0.5) is 0 Å². The maximum absolute atomic E-state index is 9.52. The molecule has 0 amide bonds. The van der Waals surface area contributed by atoms with Gasteiger partial charge in [-0.15, -0.1) is 0 Å². The molecule has 4 nitrogen and oxygen atoms in total. The SMILES string of the molecule is OC[C@@H]1O[C@@H](c2ccncc2)C[C@@H]1O. The first kappa shape index (κ1) is 9.58. The highest BCUT2D eigenvalue weighted by atomic mass is 16.5. The highest BCUT2D eigenvalue weighted by Crippen LogP contribution is 2.32. The lowest BCUT2D eigenvalue weighted by Crippen LogP contribution is -2.24. The van der Waals surface area contributed by atoms with Crippen molar-refractivity contribution in [2.45, 2.75) is 24.7 Å². The zero-order chi connectivity index (χ0) is 9.97. The molecule has 1 aliphatic heterocycles. The van der Waals surface area contributed by atoms with Crippen LogP contribution in [0.3, 0.4) is 0 Å². The minimum Gasteiger partial charge on any atom is -0.394 e. The molecule has 2 heterocycles. The molecule has 3 atom stereocenters. The molecule has 0 saturated carbocycles. The molecule has 2 rings (SSSR count). The smallest absolute Gasteiger partial charge is 0.107 e. The van der Waals surface area contributed by atoms with Crippen molar-refractivity contribution in [3.05, 3.63) is 30.1 Å². The van der Waals surface area contributed by atoms with Crippen LogP contribution >= 0.6 is 0 Å².